The number of rotatable bonds is 3. The fourth-order valence-electron chi connectivity index (χ4n) is 2.56. The Hall–Kier alpha value is -0.850. The van der Waals surface area contributed by atoms with Crippen LogP contribution in [-0.4, -0.2) is 37.5 Å². The molecule has 2 rings (SSSR count). The van der Waals surface area contributed by atoms with E-state index >= 15 is 0 Å². The van der Waals surface area contributed by atoms with Crippen molar-refractivity contribution in [1.82, 2.24) is 10.2 Å². The maximum absolute atomic E-state index is 13.1. The van der Waals surface area contributed by atoms with Crippen LogP contribution < -0.4 is 5.32 Å². The van der Waals surface area contributed by atoms with Crippen molar-refractivity contribution in [2.45, 2.75) is 26.2 Å². The zero-order valence-corrected chi connectivity index (χ0v) is 15.1. The molecule has 0 aromatic heterocycles. The summed E-state index contributed by atoms with van der Waals surface area (Å²) in [6.45, 7) is 5.22. The van der Waals surface area contributed by atoms with Crippen LogP contribution in [0.1, 0.15) is 25.3 Å². The number of hydrogen-bond acceptors (Lipinski definition) is 1. The SMILES string of the molecule is CN=C(NCCc1cccc(F)c1)N1CCC(C)CC1.I. The third kappa shape index (κ3) is 5.80. The average molecular weight is 405 g/mol. The van der Waals surface area contributed by atoms with Gasteiger partial charge in [0.2, 0.25) is 0 Å². The summed E-state index contributed by atoms with van der Waals surface area (Å²) in [6.07, 6.45) is 3.26. The number of guanidine groups is 1. The second kappa shape index (κ2) is 9.23. The summed E-state index contributed by atoms with van der Waals surface area (Å²) >= 11 is 0. The largest absolute Gasteiger partial charge is 0.356 e. The molecule has 0 unspecified atom stereocenters. The molecule has 0 bridgehead atoms. The van der Waals surface area contributed by atoms with Gasteiger partial charge in [-0.1, -0.05) is 19.1 Å². The first-order valence-electron chi connectivity index (χ1n) is 7.39. The average Bonchev–Trinajstić information content (AvgIpc) is 2.45. The van der Waals surface area contributed by atoms with Crippen LogP contribution >= 0.6 is 24.0 Å². The highest BCUT2D eigenvalue weighted by molar-refractivity contribution is 14.0. The second-order valence-corrected chi connectivity index (χ2v) is 5.52. The van der Waals surface area contributed by atoms with E-state index in [0.717, 1.165) is 43.5 Å². The molecule has 0 saturated carbocycles. The quantitative estimate of drug-likeness (QED) is 0.475. The van der Waals surface area contributed by atoms with Gasteiger partial charge in [-0.3, -0.25) is 4.99 Å². The summed E-state index contributed by atoms with van der Waals surface area (Å²) in [5.74, 6) is 1.61. The summed E-state index contributed by atoms with van der Waals surface area (Å²) in [5, 5.41) is 3.38. The normalized spacial score (nSPS) is 16.5. The molecule has 1 aliphatic heterocycles. The molecule has 0 radical (unpaired) electrons. The molecule has 1 aromatic rings. The lowest BCUT2D eigenvalue weighted by atomic mass is 10.00. The van der Waals surface area contributed by atoms with Gasteiger partial charge in [-0.05, 0) is 42.9 Å². The second-order valence-electron chi connectivity index (χ2n) is 5.52. The first-order chi connectivity index (χ1) is 9.69. The summed E-state index contributed by atoms with van der Waals surface area (Å²) in [6, 6.07) is 6.78. The molecule has 1 fully saturated rings. The zero-order chi connectivity index (χ0) is 14.4. The highest BCUT2D eigenvalue weighted by Crippen LogP contribution is 2.15. The minimum atomic E-state index is -0.170. The van der Waals surface area contributed by atoms with E-state index in [1.165, 1.54) is 18.9 Å². The van der Waals surface area contributed by atoms with Gasteiger partial charge in [0.15, 0.2) is 5.96 Å². The van der Waals surface area contributed by atoms with E-state index in [-0.39, 0.29) is 29.8 Å². The van der Waals surface area contributed by atoms with Gasteiger partial charge < -0.3 is 10.2 Å². The molecule has 118 valence electrons. The fraction of sp³-hybridized carbons (Fsp3) is 0.562. The number of nitrogens with zero attached hydrogens (tertiary/aromatic N) is 2. The molecule has 0 atom stereocenters. The zero-order valence-electron chi connectivity index (χ0n) is 12.8. The van der Waals surface area contributed by atoms with Gasteiger partial charge in [0.05, 0.1) is 0 Å². The van der Waals surface area contributed by atoms with Crippen LogP contribution in [0.3, 0.4) is 0 Å². The highest BCUT2D eigenvalue weighted by Gasteiger charge is 2.18. The predicted octanol–water partition coefficient (Wildman–Crippen LogP) is 3.29. The third-order valence-electron chi connectivity index (χ3n) is 3.88. The maximum atomic E-state index is 13.1. The summed E-state index contributed by atoms with van der Waals surface area (Å²) in [5.41, 5.74) is 1.01. The van der Waals surface area contributed by atoms with Gasteiger partial charge in [0.1, 0.15) is 5.82 Å². The lowest BCUT2D eigenvalue weighted by Crippen LogP contribution is -2.45. The molecule has 1 N–H and O–H groups in total. The molecule has 0 spiro atoms. The molecule has 1 saturated heterocycles. The van der Waals surface area contributed by atoms with Crippen LogP contribution in [0.25, 0.3) is 0 Å². The Kier molecular flexibility index (Phi) is 8.00. The maximum Gasteiger partial charge on any atom is 0.193 e. The summed E-state index contributed by atoms with van der Waals surface area (Å²) in [7, 11) is 1.82. The van der Waals surface area contributed by atoms with E-state index in [1.807, 2.05) is 13.1 Å². The predicted molar refractivity (Wildman–Crippen MR) is 96.9 cm³/mol. The van der Waals surface area contributed by atoms with Gasteiger partial charge in [0.25, 0.3) is 0 Å². The topological polar surface area (TPSA) is 27.6 Å². The minimum absolute atomic E-state index is 0. The van der Waals surface area contributed by atoms with Crippen molar-refractivity contribution in [1.29, 1.82) is 0 Å². The molecular formula is C16H25FIN3. The standard InChI is InChI=1S/C16H24FN3.HI/c1-13-7-10-20(11-8-13)16(18-2)19-9-6-14-4-3-5-15(17)12-14;/h3-5,12-13H,6-11H2,1-2H3,(H,18,19);1H. The Labute approximate surface area is 144 Å². The van der Waals surface area contributed by atoms with Crippen LogP contribution in [0.2, 0.25) is 0 Å². The fourth-order valence-corrected chi connectivity index (χ4v) is 2.56. The van der Waals surface area contributed by atoms with E-state index in [9.17, 15) is 4.39 Å². The number of piperidine rings is 1. The number of likely N-dealkylation sites (tertiary alicyclic amines) is 1. The molecule has 0 aliphatic carbocycles. The molecule has 1 aliphatic rings. The van der Waals surface area contributed by atoms with Crippen molar-refractivity contribution in [3.63, 3.8) is 0 Å². The van der Waals surface area contributed by atoms with Gasteiger partial charge in [-0.2, -0.15) is 0 Å². The van der Waals surface area contributed by atoms with Crippen LogP contribution in [0.15, 0.2) is 29.3 Å². The lowest BCUT2D eigenvalue weighted by molar-refractivity contribution is 0.273. The van der Waals surface area contributed by atoms with Gasteiger partial charge in [-0.25, -0.2) is 4.39 Å². The van der Waals surface area contributed by atoms with E-state index in [0.29, 0.717) is 0 Å². The number of aliphatic imine (C=N–C) groups is 1. The third-order valence-corrected chi connectivity index (χ3v) is 3.88. The number of nitrogens with one attached hydrogen (secondary N) is 1. The van der Waals surface area contributed by atoms with Crippen molar-refractivity contribution < 1.29 is 4.39 Å². The number of benzene rings is 1. The van der Waals surface area contributed by atoms with Crippen molar-refractivity contribution in [2.24, 2.45) is 10.9 Å². The highest BCUT2D eigenvalue weighted by atomic mass is 127. The summed E-state index contributed by atoms with van der Waals surface area (Å²) in [4.78, 5) is 6.65. The Balaban J connectivity index is 0.00000220. The van der Waals surface area contributed by atoms with Crippen molar-refractivity contribution >= 4 is 29.9 Å². The molecule has 3 nitrogen and oxygen atoms in total. The van der Waals surface area contributed by atoms with Gasteiger partial charge in [-0.15, -0.1) is 24.0 Å². The van der Waals surface area contributed by atoms with E-state index in [2.05, 4.69) is 22.1 Å². The molecule has 0 amide bonds. The van der Waals surface area contributed by atoms with Crippen molar-refractivity contribution in [3.05, 3.63) is 35.6 Å². The molecule has 21 heavy (non-hydrogen) atoms. The van der Waals surface area contributed by atoms with Crippen LogP contribution in [0.5, 0.6) is 0 Å². The minimum Gasteiger partial charge on any atom is -0.356 e. The molecule has 5 heteroatoms. The molecule has 1 aromatic carbocycles. The van der Waals surface area contributed by atoms with E-state index in [1.54, 1.807) is 12.1 Å². The Morgan fingerprint density at radius 2 is 2.10 bits per heavy atom. The number of halogens is 2. The molecular weight excluding hydrogens is 380 g/mol. The lowest BCUT2D eigenvalue weighted by Gasteiger charge is -2.32. The van der Waals surface area contributed by atoms with Crippen molar-refractivity contribution in [2.75, 3.05) is 26.7 Å². The monoisotopic (exact) mass is 405 g/mol. The smallest absolute Gasteiger partial charge is 0.193 e. The Bertz CT molecular complexity index is 457. The van der Waals surface area contributed by atoms with E-state index < -0.39 is 0 Å². The Morgan fingerprint density at radius 1 is 1.38 bits per heavy atom. The van der Waals surface area contributed by atoms with Crippen molar-refractivity contribution in [3.8, 4) is 0 Å². The van der Waals surface area contributed by atoms with Crippen LogP contribution in [0, 0.1) is 11.7 Å². The first-order valence-corrected chi connectivity index (χ1v) is 7.39. The van der Waals surface area contributed by atoms with Gasteiger partial charge in [0, 0.05) is 26.7 Å². The first kappa shape index (κ1) is 18.2. The van der Waals surface area contributed by atoms with Crippen LogP contribution in [-0.2, 0) is 6.42 Å². The summed E-state index contributed by atoms with van der Waals surface area (Å²) < 4.78 is 13.1. The Morgan fingerprint density at radius 3 is 2.71 bits per heavy atom. The van der Waals surface area contributed by atoms with Gasteiger partial charge >= 0.3 is 0 Å². The number of hydrogen-bond donors (Lipinski definition) is 1. The molecule has 1 heterocycles. The van der Waals surface area contributed by atoms with E-state index in [4.69, 9.17) is 0 Å². The van der Waals surface area contributed by atoms with Crippen LogP contribution in [0.4, 0.5) is 4.39 Å².